The van der Waals surface area contributed by atoms with Gasteiger partial charge in [-0.3, -0.25) is 0 Å². The molecule has 2 fully saturated rings. The van der Waals surface area contributed by atoms with E-state index in [9.17, 15) is 15.3 Å². The van der Waals surface area contributed by atoms with Crippen LogP contribution in [0.3, 0.4) is 0 Å². The highest BCUT2D eigenvalue weighted by Gasteiger charge is 2.60. The first kappa shape index (κ1) is 19.4. The molecule has 150 valence electrons. The van der Waals surface area contributed by atoms with Crippen molar-refractivity contribution in [3.63, 3.8) is 0 Å². The normalized spacial score (nSPS) is 28.3. The molecular weight excluding hydrogens is 356 g/mol. The summed E-state index contributed by atoms with van der Waals surface area (Å²) < 4.78 is 11.6. The highest BCUT2D eigenvalue weighted by molar-refractivity contribution is 5.38. The van der Waals surface area contributed by atoms with Crippen molar-refractivity contribution in [2.75, 3.05) is 6.61 Å². The third-order valence-corrected chi connectivity index (χ3v) is 5.96. The van der Waals surface area contributed by atoms with Gasteiger partial charge in [0.15, 0.2) is 0 Å². The third kappa shape index (κ3) is 3.55. The summed E-state index contributed by atoms with van der Waals surface area (Å²) in [6, 6.07) is 14.1. The van der Waals surface area contributed by atoms with Gasteiger partial charge < -0.3 is 24.8 Å². The van der Waals surface area contributed by atoms with E-state index in [1.807, 2.05) is 37.3 Å². The van der Waals surface area contributed by atoms with Crippen LogP contribution in [-0.4, -0.2) is 45.8 Å². The average Bonchev–Trinajstić information content (AvgIpc) is 3.47. The van der Waals surface area contributed by atoms with Gasteiger partial charge in [-0.2, -0.15) is 0 Å². The predicted molar refractivity (Wildman–Crippen MR) is 105 cm³/mol. The van der Waals surface area contributed by atoms with Crippen LogP contribution in [0.4, 0.5) is 0 Å². The van der Waals surface area contributed by atoms with Crippen molar-refractivity contribution in [2.24, 2.45) is 0 Å². The molecule has 5 nitrogen and oxygen atoms in total. The van der Waals surface area contributed by atoms with Crippen LogP contribution in [0.15, 0.2) is 42.5 Å². The minimum Gasteiger partial charge on any atom is -0.494 e. The van der Waals surface area contributed by atoms with Crippen molar-refractivity contribution in [1.29, 1.82) is 0 Å². The molecule has 1 aliphatic heterocycles. The summed E-state index contributed by atoms with van der Waals surface area (Å²) in [5, 5.41) is 31.0. The summed E-state index contributed by atoms with van der Waals surface area (Å²) in [5.74, 6) is 0.859. The van der Waals surface area contributed by atoms with Crippen molar-refractivity contribution in [3.8, 4) is 5.75 Å². The maximum atomic E-state index is 10.5. The lowest BCUT2D eigenvalue weighted by atomic mass is 9.88. The van der Waals surface area contributed by atoms with Crippen molar-refractivity contribution in [2.45, 2.75) is 63.1 Å². The summed E-state index contributed by atoms with van der Waals surface area (Å²) in [6.07, 6.45) is -1.85. The molecule has 1 heterocycles. The number of benzene rings is 2. The molecule has 2 aliphatic rings. The summed E-state index contributed by atoms with van der Waals surface area (Å²) in [5.41, 5.74) is 3.59. The van der Waals surface area contributed by atoms with Gasteiger partial charge >= 0.3 is 0 Å². The number of hydrogen-bond donors (Lipinski definition) is 3. The first-order valence-corrected chi connectivity index (χ1v) is 9.97. The molecule has 1 spiro atoms. The van der Waals surface area contributed by atoms with E-state index in [-0.39, 0.29) is 0 Å². The Hall–Kier alpha value is -1.92. The summed E-state index contributed by atoms with van der Waals surface area (Å²) in [7, 11) is 0. The zero-order valence-corrected chi connectivity index (χ0v) is 16.3. The number of hydrogen-bond acceptors (Lipinski definition) is 5. The van der Waals surface area contributed by atoms with E-state index < -0.39 is 30.0 Å². The predicted octanol–water partition coefficient (Wildman–Crippen LogP) is 2.67. The quantitative estimate of drug-likeness (QED) is 0.739. The molecule has 2 aromatic carbocycles. The van der Waals surface area contributed by atoms with Crippen LogP contribution in [0, 0.1) is 6.92 Å². The van der Waals surface area contributed by atoms with E-state index in [1.54, 1.807) is 0 Å². The van der Waals surface area contributed by atoms with Crippen LogP contribution in [0.25, 0.3) is 0 Å². The molecule has 0 unspecified atom stereocenters. The molecule has 0 radical (unpaired) electrons. The molecular formula is C23H28O5. The second kappa shape index (κ2) is 7.48. The second-order valence-corrected chi connectivity index (χ2v) is 7.97. The molecule has 1 saturated carbocycles. The maximum absolute atomic E-state index is 10.5. The third-order valence-electron chi connectivity index (χ3n) is 5.96. The number of rotatable bonds is 5. The van der Waals surface area contributed by atoms with Crippen molar-refractivity contribution >= 4 is 0 Å². The molecule has 28 heavy (non-hydrogen) atoms. The fourth-order valence-electron chi connectivity index (χ4n) is 4.02. The lowest BCUT2D eigenvalue weighted by Gasteiger charge is -2.41. The summed E-state index contributed by atoms with van der Waals surface area (Å²) >= 11 is 0. The van der Waals surface area contributed by atoms with Gasteiger partial charge in [-0.1, -0.05) is 30.3 Å². The Morgan fingerprint density at radius 3 is 2.39 bits per heavy atom. The minimum absolute atomic E-state index is 0.638. The monoisotopic (exact) mass is 384 g/mol. The highest BCUT2D eigenvalue weighted by Crippen LogP contribution is 2.51. The SMILES string of the molecule is CCOc1ccc(Cc2cc([C@@H]3OC4(CC4)[C@@H](O)[C@H](O)[C@H]3O)ccc2C)cc1. The fourth-order valence-corrected chi connectivity index (χ4v) is 4.02. The zero-order chi connectivity index (χ0) is 19.9. The molecule has 3 N–H and O–H groups in total. The first-order chi connectivity index (χ1) is 13.4. The van der Waals surface area contributed by atoms with Gasteiger partial charge in [-0.25, -0.2) is 0 Å². The van der Waals surface area contributed by atoms with Crippen LogP contribution in [0.2, 0.25) is 0 Å². The van der Waals surface area contributed by atoms with E-state index in [2.05, 4.69) is 19.1 Å². The zero-order valence-electron chi connectivity index (χ0n) is 16.3. The maximum Gasteiger partial charge on any atom is 0.119 e. The van der Waals surface area contributed by atoms with E-state index >= 15 is 0 Å². The Labute approximate surface area is 165 Å². The van der Waals surface area contributed by atoms with Gasteiger partial charge in [0.05, 0.1) is 12.2 Å². The van der Waals surface area contributed by atoms with Crippen molar-refractivity contribution in [3.05, 3.63) is 64.7 Å². The molecule has 0 amide bonds. The molecule has 1 saturated heterocycles. The van der Waals surface area contributed by atoms with E-state index in [0.29, 0.717) is 19.4 Å². The van der Waals surface area contributed by atoms with Gasteiger partial charge in [0.1, 0.15) is 30.2 Å². The van der Waals surface area contributed by atoms with Crippen molar-refractivity contribution < 1.29 is 24.8 Å². The molecule has 0 aromatic heterocycles. The Bertz CT molecular complexity index is 827. The molecule has 2 aromatic rings. The van der Waals surface area contributed by atoms with E-state index in [4.69, 9.17) is 9.47 Å². The second-order valence-electron chi connectivity index (χ2n) is 7.97. The van der Waals surface area contributed by atoms with Crippen LogP contribution >= 0.6 is 0 Å². The largest absolute Gasteiger partial charge is 0.494 e. The number of aliphatic hydroxyl groups is 3. The Morgan fingerprint density at radius 1 is 1.04 bits per heavy atom. The van der Waals surface area contributed by atoms with Gasteiger partial charge in [-0.15, -0.1) is 0 Å². The first-order valence-electron chi connectivity index (χ1n) is 9.97. The number of ether oxygens (including phenoxy) is 2. The molecule has 4 atom stereocenters. The lowest BCUT2D eigenvalue weighted by Crippen LogP contribution is -2.55. The van der Waals surface area contributed by atoms with Gasteiger partial charge in [0, 0.05) is 0 Å². The summed E-state index contributed by atoms with van der Waals surface area (Å²) in [6.45, 7) is 4.67. The van der Waals surface area contributed by atoms with Gasteiger partial charge in [0.2, 0.25) is 0 Å². The van der Waals surface area contributed by atoms with Gasteiger partial charge in [-0.05, 0) is 67.5 Å². The van der Waals surface area contributed by atoms with Crippen LogP contribution < -0.4 is 4.74 Å². The Kier molecular flexibility index (Phi) is 5.19. The number of aliphatic hydroxyl groups excluding tert-OH is 3. The standard InChI is InChI=1S/C23H28O5/c1-3-27-18-8-5-15(6-9-18)12-17-13-16(7-4-14(17)2)21-19(24)20(25)22(26)23(28-21)10-11-23/h4-9,13,19-22,24-26H,3,10-12H2,1-2H3/t19-,20-,21+,22+/m1/s1. The number of aryl methyl sites for hydroxylation is 1. The van der Waals surface area contributed by atoms with Crippen LogP contribution in [-0.2, 0) is 11.2 Å². The molecule has 1 aliphatic carbocycles. The van der Waals surface area contributed by atoms with Crippen LogP contribution in [0.5, 0.6) is 5.75 Å². The van der Waals surface area contributed by atoms with E-state index in [0.717, 1.165) is 28.9 Å². The topological polar surface area (TPSA) is 79.2 Å². The smallest absolute Gasteiger partial charge is 0.119 e. The molecule has 5 heteroatoms. The molecule has 4 rings (SSSR count). The Morgan fingerprint density at radius 2 is 1.75 bits per heavy atom. The average molecular weight is 384 g/mol. The summed E-state index contributed by atoms with van der Waals surface area (Å²) in [4.78, 5) is 0. The van der Waals surface area contributed by atoms with Gasteiger partial charge in [0.25, 0.3) is 0 Å². The van der Waals surface area contributed by atoms with E-state index in [1.165, 1.54) is 5.56 Å². The Balaban J connectivity index is 1.57. The highest BCUT2D eigenvalue weighted by atomic mass is 16.6. The lowest BCUT2D eigenvalue weighted by molar-refractivity contribution is -0.236. The van der Waals surface area contributed by atoms with Crippen molar-refractivity contribution in [1.82, 2.24) is 0 Å². The molecule has 0 bridgehead atoms. The fraction of sp³-hybridized carbons (Fsp3) is 0.478. The van der Waals surface area contributed by atoms with Crippen LogP contribution in [0.1, 0.15) is 48.1 Å². The minimum atomic E-state index is -1.20.